The Labute approximate surface area is 178 Å². The van der Waals surface area contributed by atoms with Crippen LogP contribution in [-0.2, 0) is 6.54 Å². The smallest absolute Gasteiger partial charge is 0.257 e. The number of nitrogens with one attached hydrogen (secondary N) is 1. The van der Waals surface area contributed by atoms with E-state index in [-0.39, 0.29) is 5.92 Å². The molecule has 0 spiro atoms. The highest BCUT2D eigenvalue weighted by atomic mass is 35.5. The van der Waals surface area contributed by atoms with Gasteiger partial charge in [-0.05, 0) is 32.9 Å². The van der Waals surface area contributed by atoms with Crippen molar-refractivity contribution in [3.8, 4) is 11.6 Å². The summed E-state index contributed by atoms with van der Waals surface area (Å²) in [5.41, 5.74) is 5.22. The zero-order valence-corrected chi connectivity index (χ0v) is 18.0. The topological polar surface area (TPSA) is 82.7 Å². The van der Waals surface area contributed by atoms with Crippen LogP contribution < -0.4 is 10.1 Å². The molecule has 30 heavy (non-hydrogen) atoms. The van der Waals surface area contributed by atoms with Crippen molar-refractivity contribution in [2.45, 2.75) is 34.2 Å². The lowest BCUT2D eigenvalue weighted by molar-refractivity contribution is 0.237. The summed E-state index contributed by atoms with van der Waals surface area (Å²) in [6.45, 7) is 9.32. The van der Waals surface area contributed by atoms with Crippen LogP contribution in [0, 0.1) is 26.7 Å². The number of halogens is 1. The lowest BCUT2D eigenvalue weighted by Crippen LogP contribution is -2.15. The van der Waals surface area contributed by atoms with Gasteiger partial charge < -0.3 is 14.6 Å². The minimum absolute atomic E-state index is 0.231. The Hall–Kier alpha value is -3.13. The fourth-order valence-electron chi connectivity index (χ4n) is 3.81. The van der Waals surface area contributed by atoms with E-state index in [0.29, 0.717) is 23.5 Å². The van der Waals surface area contributed by atoms with Gasteiger partial charge in [-0.2, -0.15) is 4.98 Å². The molecule has 0 saturated carbocycles. The first-order chi connectivity index (χ1) is 14.4. The van der Waals surface area contributed by atoms with E-state index in [1.54, 1.807) is 6.20 Å². The molecule has 0 radical (unpaired) electrons. The summed E-state index contributed by atoms with van der Waals surface area (Å²) in [4.78, 5) is 13.7. The predicted octanol–water partition coefficient (Wildman–Crippen LogP) is 4.36. The lowest BCUT2D eigenvalue weighted by Gasteiger charge is -2.13. The third-order valence-corrected chi connectivity index (χ3v) is 5.63. The highest BCUT2D eigenvalue weighted by molar-refractivity contribution is 6.35. The van der Waals surface area contributed by atoms with E-state index < -0.39 is 0 Å². The van der Waals surface area contributed by atoms with Crippen LogP contribution in [0.3, 0.4) is 0 Å². The van der Waals surface area contributed by atoms with Crippen LogP contribution in [0.15, 0.2) is 24.5 Å². The Morgan fingerprint density at radius 1 is 1.20 bits per heavy atom. The predicted molar refractivity (Wildman–Crippen MR) is 116 cm³/mol. The minimum Gasteiger partial charge on any atom is -0.475 e. The summed E-state index contributed by atoms with van der Waals surface area (Å²) in [7, 11) is 0. The monoisotopic (exact) mass is 423 g/mol. The summed E-state index contributed by atoms with van der Waals surface area (Å²) < 4.78 is 10.0. The van der Waals surface area contributed by atoms with Gasteiger partial charge in [-0.15, -0.1) is 5.10 Å². The number of hydrogen-bond acceptors (Lipinski definition) is 6. The second-order valence-corrected chi connectivity index (χ2v) is 8.24. The highest BCUT2D eigenvalue weighted by Gasteiger charge is 2.22. The molecule has 8 nitrogen and oxygen atoms in total. The van der Waals surface area contributed by atoms with Crippen LogP contribution in [0.1, 0.15) is 24.0 Å². The van der Waals surface area contributed by atoms with Gasteiger partial charge in [-0.1, -0.05) is 18.5 Å². The number of aromatic nitrogens is 6. The van der Waals surface area contributed by atoms with E-state index in [9.17, 15) is 0 Å². The van der Waals surface area contributed by atoms with Crippen LogP contribution in [0.4, 0.5) is 11.6 Å². The number of hydrogen-bond donors (Lipinski definition) is 1. The van der Waals surface area contributed by atoms with Gasteiger partial charge in [0.25, 0.3) is 5.88 Å². The number of anilines is 2. The van der Waals surface area contributed by atoms with E-state index in [1.165, 1.54) is 0 Å². The third kappa shape index (κ3) is 3.08. The first-order valence-corrected chi connectivity index (χ1v) is 10.2. The number of nitrogens with zero attached hydrogens (tertiary/aromatic N) is 6. The number of aryl methyl sites for hydroxylation is 2. The molecule has 0 saturated heterocycles. The summed E-state index contributed by atoms with van der Waals surface area (Å²) in [5.74, 6) is 1.22. The van der Waals surface area contributed by atoms with Gasteiger partial charge in [-0.3, -0.25) is 4.98 Å². The maximum atomic E-state index is 6.38. The molecule has 5 rings (SSSR count). The Balaban J connectivity index is 1.66. The summed E-state index contributed by atoms with van der Waals surface area (Å²) in [6, 6.07) is 4.00. The fourth-order valence-corrected chi connectivity index (χ4v) is 4.06. The third-order valence-electron chi connectivity index (χ3n) is 5.33. The van der Waals surface area contributed by atoms with Crippen molar-refractivity contribution in [3.05, 3.63) is 46.6 Å². The Morgan fingerprint density at radius 3 is 2.83 bits per heavy atom. The molecule has 1 aliphatic rings. The minimum atomic E-state index is 0.231. The van der Waals surface area contributed by atoms with E-state index in [2.05, 4.69) is 26.8 Å². The lowest BCUT2D eigenvalue weighted by atomic mass is 10.2. The molecule has 0 aliphatic carbocycles. The van der Waals surface area contributed by atoms with E-state index in [0.717, 1.165) is 46.0 Å². The number of ether oxygens (including phenoxy) is 1. The van der Waals surface area contributed by atoms with Crippen molar-refractivity contribution in [1.82, 2.24) is 29.3 Å². The first-order valence-electron chi connectivity index (χ1n) is 9.86. The number of pyridine rings is 1. The molecule has 1 N–H and O–H groups in total. The zero-order valence-electron chi connectivity index (χ0n) is 17.3. The number of fused-ring (bicyclic) bond motifs is 2. The molecule has 0 fully saturated rings. The summed E-state index contributed by atoms with van der Waals surface area (Å²) in [5, 5.41) is 9.54. The average Bonchev–Trinajstić information content (AvgIpc) is 3.17. The molecule has 0 amide bonds. The van der Waals surface area contributed by atoms with Gasteiger partial charge in [0.05, 0.1) is 34.1 Å². The molecule has 154 valence electrons. The molecule has 9 heteroatoms. The van der Waals surface area contributed by atoms with E-state index >= 15 is 0 Å². The Morgan fingerprint density at radius 2 is 2.03 bits per heavy atom. The van der Waals surface area contributed by atoms with Crippen molar-refractivity contribution >= 4 is 34.3 Å². The van der Waals surface area contributed by atoms with Crippen molar-refractivity contribution in [2.24, 2.45) is 5.92 Å². The maximum Gasteiger partial charge on any atom is 0.257 e. The molecule has 1 atom stereocenters. The van der Waals surface area contributed by atoms with Crippen molar-refractivity contribution in [1.29, 1.82) is 0 Å². The van der Waals surface area contributed by atoms with Gasteiger partial charge in [-0.25, -0.2) is 9.67 Å². The second kappa shape index (κ2) is 6.98. The van der Waals surface area contributed by atoms with Gasteiger partial charge in [0.2, 0.25) is 5.95 Å². The van der Waals surface area contributed by atoms with Crippen LogP contribution in [0.2, 0.25) is 5.02 Å². The van der Waals surface area contributed by atoms with Crippen molar-refractivity contribution < 1.29 is 4.74 Å². The molecule has 2 bridgehead atoms. The number of rotatable bonds is 1. The first kappa shape index (κ1) is 18.9. The SMILES string of the molecule is Cc1ccc(-n2nc3c(c2C)Nc2ncc4c(Cl)cn(c4n2)C[C@@H](C)CO3)c(C)n1. The Bertz CT molecular complexity index is 1280. The van der Waals surface area contributed by atoms with Crippen LogP contribution in [0.25, 0.3) is 16.7 Å². The van der Waals surface area contributed by atoms with Crippen molar-refractivity contribution in [3.63, 3.8) is 0 Å². The van der Waals surface area contributed by atoms with Crippen LogP contribution >= 0.6 is 11.6 Å². The zero-order chi connectivity index (χ0) is 21.0. The molecule has 5 heterocycles. The maximum absolute atomic E-state index is 6.38. The standard InChI is InChI=1S/C21H22ClN7O/c1-11-8-28-9-16(22)15-7-23-21(26-19(15)28)25-18-14(4)29(27-20(18)30-10-11)17-6-5-12(2)24-13(17)3/h5-7,9,11H,8,10H2,1-4H3,(H,23,25,26)/t11-/m1/s1. The van der Waals surface area contributed by atoms with Gasteiger partial charge in [0.15, 0.2) is 0 Å². The molecule has 0 aromatic carbocycles. The summed E-state index contributed by atoms with van der Waals surface area (Å²) >= 11 is 6.38. The quantitative estimate of drug-likeness (QED) is 0.489. The normalized spacial score (nSPS) is 16.1. The largest absolute Gasteiger partial charge is 0.475 e. The Kier molecular flexibility index (Phi) is 4.39. The molecule has 4 aromatic rings. The van der Waals surface area contributed by atoms with Gasteiger partial charge >= 0.3 is 0 Å². The molecular formula is C21H22ClN7O. The van der Waals surface area contributed by atoms with Crippen LogP contribution in [0.5, 0.6) is 5.88 Å². The van der Waals surface area contributed by atoms with Crippen molar-refractivity contribution in [2.75, 3.05) is 11.9 Å². The highest BCUT2D eigenvalue weighted by Crippen LogP contribution is 2.34. The molecule has 0 unspecified atom stereocenters. The molecule has 4 aromatic heterocycles. The van der Waals surface area contributed by atoms with Gasteiger partial charge in [0.1, 0.15) is 11.3 Å². The fraction of sp³-hybridized carbons (Fsp3) is 0.333. The molecule has 1 aliphatic heterocycles. The van der Waals surface area contributed by atoms with Crippen LogP contribution in [-0.4, -0.2) is 35.9 Å². The summed E-state index contributed by atoms with van der Waals surface area (Å²) in [6.07, 6.45) is 3.65. The average molecular weight is 424 g/mol. The second-order valence-electron chi connectivity index (χ2n) is 7.84. The van der Waals surface area contributed by atoms with Gasteiger partial charge in [0, 0.05) is 30.6 Å². The van der Waals surface area contributed by atoms with E-state index in [1.807, 2.05) is 43.8 Å². The molecular weight excluding hydrogens is 402 g/mol. The van der Waals surface area contributed by atoms with E-state index in [4.69, 9.17) is 26.4 Å².